The zero-order valence-corrected chi connectivity index (χ0v) is 11.2. The Morgan fingerprint density at radius 2 is 2.16 bits per heavy atom. The van der Waals surface area contributed by atoms with Crippen molar-refractivity contribution in [1.29, 1.82) is 0 Å². The summed E-state index contributed by atoms with van der Waals surface area (Å²) in [5.74, 6) is -1.19. The third-order valence-corrected chi connectivity index (χ3v) is 2.52. The topological polar surface area (TPSA) is 101 Å². The average Bonchev–Trinajstić information content (AvgIpc) is 2.76. The molecule has 0 spiro atoms. The zero-order chi connectivity index (χ0) is 14.4. The van der Waals surface area contributed by atoms with Crippen molar-refractivity contribution < 1.29 is 18.8 Å². The highest BCUT2D eigenvalue weighted by atomic mass is 16.5. The van der Waals surface area contributed by atoms with Gasteiger partial charge in [-0.1, -0.05) is 6.92 Å². The van der Waals surface area contributed by atoms with Crippen molar-refractivity contribution in [2.24, 2.45) is 5.92 Å². The molecule has 0 aliphatic carbocycles. The van der Waals surface area contributed by atoms with Gasteiger partial charge in [-0.15, -0.1) is 0 Å². The maximum absolute atomic E-state index is 11.7. The summed E-state index contributed by atoms with van der Waals surface area (Å²) >= 11 is 0. The number of aromatic amines is 1. The fourth-order valence-corrected chi connectivity index (χ4v) is 1.66. The largest absolute Gasteiger partial charge is 0.466 e. The summed E-state index contributed by atoms with van der Waals surface area (Å²) in [6, 6.07) is 0.823. The highest BCUT2D eigenvalue weighted by Gasteiger charge is 2.20. The van der Waals surface area contributed by atoms with Crippen molar-refractivity contribution in [3.8, 4) is 0 Å². The Balaban J connectivity index is 2.47. The van der Waals surface area contributed by atoms with Crippen LogP contribution in [0, 0.1) is 5.92 Å². The minimum absolute atomic E-state index is 0.0827. The third kappa shape index (κ3) is 4.61. The van der Waals surface area contributed by atoms with Crippen LogP contribution in [0.3, 0.4) is 0 Å². The van der Waals surface area contributed by atoms with Gasteiger partial charge in [0, 0.05) is 6.04 Å². The molecule has 1 aromatic rings. The quantitative estimate of drug-likeness (QED) is 0.740. The van der Waals surface area contributed by atoms with Gasteiger partial charge in [-0.05, 0) is 20.3 Å². The molecule has 1 rings (SSSR count). The molecule has 2 N–H and O–H groups in total. The molecule has 0 aliphatic heterocycles. The number of carbonyl (C=O) groups is 2. The van der Waals surface area contributed by atoms with Gasteiger partial charge >= 0.3 is 5.97 Å². The SMILES string of the molecule is CCOC(=O)C(C)CC(C)NC(=O)c1cc(=O)[nH]o1. The third-order valence-electron chi connectivity index (χ3n) is 2.52. The molecule has 0 fully saturated rings. The molecule has 1 heterocycles. The van der Waals surface area contributed by atoms with Crippen LogP contribution in [0.1, 0.15) is 37.7 Å². The van der Waals surface area contributed by atoms with E-state index in [0.29, 0.717) is 13.0 Å². The molecule has 7 heteroatoms. The maximum Gasteiger partial charge on any atom is 0.308 e. The smallest absolute Gasteiger partial charge is 0.308 e. The van der Waals surface area contributed by atoms with Crippen LogP contribution in [0.2, 0.25) is 0 Å². The Morgan fingerprint density at radius 3 is 2.68 bits per heavy atom. The van der Waals surface area contributed by atoms with Gasteiger partial charge in [0.15, 0.2) is 0 Å². The van der Waals surface area contributed by atoms with Gasteiger partial charge < -0.3 is 14.6 Å². The second-order valence-electron chi connectivity index (χ2n) is 4.34. The van der Waals surface area contributed by atoms with Crippen LogP contribution >= 0.6 is 0 Å². The normalized spacial score (nSPS) is 13.6. The first kappa shape index (κ1) is 15.0. The lowest BCUT2D eigenvalue weighted by Gasteiger charge is -2.16. The number of esters is 1. The molecular formula is C12H18N2O5. The lowest BCUT2D eigenvalue weighted by Crippen LogP contribution is -2.35. The molecule has 106 valence electrons. The van der Waals surface area contributed by atoms with Crippen molar-refractivity contribution in [1.82, 2.24) is 10.5 Å². The van der Waals surface area contributed by atoms with E-state index in [4.69, 9.17) is 4.74 Å². The maximum atomic E-state index is 11.7. The van der Waals surface area contributed by atoms with Crippen molar-refractivity contribution in [2.45, 2.75) is 33.2 Å². The second-order valence-corrected chi connectivity index (χ2v) is 4.34. The highest BCUT2D eigenvalue weighted by molar-refractivity contribution is 5.91. The Hall–Kier alpha value is -2.05. The number of hydrogen-bond donors (Lipinski definition) is 2. The van der Waals surface area contributed by atoms with Gasteiger partial charge in [0.2, 0.25) is 5.76 Å². The van der Waals surface area contributed by atoms with E-state index in [2.05, 4.69) is 9.84 Å². The lowest BCUT2D eigenvalue weighted by atomic mass is 10.0. The Kier molecular flexibility index (Phi) is 5.35. The molecule has 0 aromatic carbocycles. The molecular weight excluding hydrogens is 252 g/mol. The van der Waals surface area contributed by atoms with Gasteiger partial charge in [0.1, 0.15) is 0 Å². The predicted octanol–water partition coefficient (Wildman–Crippen LogP) is 0.676. The summed E-state index contributed by atoms with van der Waals surface area (Å²) in [5, 5.41) is 4.67. The van der Waals surface area contributed by atoms with Crippen molar-refractivity contribution in [3.05, 3.63) is 22.2 Å². The van der Waals surface area contributed by atoms with Gasteiger partial charge in [-0.25, -0.2) is 0 Å². The molecule has 0 bridgehead atoms. The summed E-state index contributed by atoms with van der Waals surface area (Å²) < 4.78 is 9.56. The van der Waals surface area contributed by atoms with Crippen LogP contribution in [-0.2, 0) is 9.53 Å². The Morgan fingerprint density at radius 1 is 1.47 bits per heavy atom. The van der Waals surface area contributed by atoms with Crippen molar-refractivity contribution in [3.63, 3.8) is 0 Å². The number of amides is 1. The van der Waals surface area contributed by atoms with Crippen LogP contribution in [0.4, 0.5) is 0 Å². The average molecular weight is 270 g/mol. The molecule has 0 aliphatic rings. The van der Waals surface area contributed by atoms with Gasteiger partial charge in [0.25, 0.3) is 11.5 Å². The first-order valence-corrected chi connectivity index (χ1v) is 6.10. The van der Waals surface area contributed by atoms with E-state index in [0.717, 1.165) is 6.07 Å². The number of H-pyrrole nitrogens is 1. The number of nitrogens with one attached hydrogen (secondary N) is 2. The molecule has 19 heavy (non-hydrogen) atoms. The monoisotopic (exact) mass is 270 g/mol. The van der Waals surface area contributed by atoms with Crippen LogP contribution < -0.4 is 10.9 Å². The van der Waals surface area contributed by atoms with Crippen molar-refractivity contribution >= 4 is 11.9 Å². The van der Waals surface area contributed by atoms with E-state index in [-0.39, 0.29) is 23.7 Å². The van der Waals surface area contributed by atoms with E-state index in [9.17, 15) is 14.4 Å². The molecule has 1 aromatic heterocycles. The van der Waals surface area contributed by atoms with Gasteiger partial charge in [-0.3, -0.25) is 14.4 Å². The molecule has 0 saturated heterocycles. The van der Waals surface area contributed by atoms with E-state index in [1.807, 2.05) is 5.16 Å². The van der Waals surface area contributed by atoms with Crippen LogP contribution in [0.15, 0.2) is 15.4 Å². The summed E-state index contributed by atoms with van der Waals surface area (Å²) in [7, 11) is 0. The minimum Gasteiger partial charge on any atom is -0.466 e. The molecule has 1 amide bonds. The van der Waals surface area contributed by atoms with Crippen LogP contribution in [0.5, 0.6) is 0 Å². The molecule has 0 saturated carbocycles. The first-order chi connectivity index (χ1) is 8.93. The molecule has 0 radical (unpaired) electrons. The van der Waals surface area contributed by atoms with E-state index in [1.165, 1.54) is 0 Å². The van der Waals surface area contributed by atoms with E-state index >= 15 is 0 Å². The Bertz CT molecular complexity index is 490. The van der Waals surface area contributed by atoms with Crippen LogP contribution in [0.25, 0.3) is 0 Å². The fraction of sp³-hybridized carbons (Fsp3) is 0.583. The highest BCUT2D eigenvalue weighted by Crippen LogP contribution is 2.08. The van der Waals surface area contributed by atoms with E-state index < -0.39 is 11.5 Å². The summed E-state index contributed by atoms with van der Waals surface area (Å²) in [6.07, 6.45) is 0.444. The predicted molar refractivity (Wildman–Crippen MR) is 66.7 cm³/mol. The number of ether oxygens (including phenoxy) is 1. The lowest BCUT2D eigenvalue weighted by molar-refractivity contribution is -0.147. The summed E-state index contributed by atoms with van der Waals surface area (Å²) in [6.45, 7) is 5.57. The van der Waals surface area contributed by atoms with Crippen LogP contribution in [-0.4, -0.2) is 29.7 Å². The summed E-state index contributed by atoms with van der Waals surface area (Å²) in [5.41, 5.74) is -0.474. The standard InChI is InChI=1S/C12H18N2O5/c1-4-18-12(17)7(2)5-8(3)13-11(16)9-6-10(15)14-19-9/h6-8H,4-5H2,1-3H3,(H,13,16)(H,14,15). The second kappa shape index (κ2) is 6.77. The fourth-order valence-electron chi connectivity index (χ4n) is 1.66. The van der Waals surface area contributed by atoms with Crippen molar-refractivity contribution in [2.75, 3.05) is 6.61 Å². The number of rotatable bonds is 6. The van der Waals surface area contributed by atoms with Gasteiger partial charge in [0.05, 0.1) is 18.6 Å². The molecule has 2 atom stereocenters. The minimum atomic E-state index is -0.498. The zero-order valence-electron chi connectivity index (χ0n) is 11.2. The number of aromatic nitrogens is 1. The Labute approximate surface area is 110 Å². The molecule has 2 unspecified atom stereocenters. The number of hydrogen-bond acceptors (Lipinski definition) is 5. The van der Waals surface area contributed by atoms with E-state index in [1.54, 1.807) is 20.8 Å². The van der Waals surface area contributed by atoms with Gasteiger partial charge in [-0.2, -0.15) is 5.16 Å². The number of carbonyl (C=O) groups excluding carboxylic acids is 2. The molecule has 7 nitrogen and oxygen atoms in total. The summed E-state index contributed by atoms with van der Waals surface area (Å²) in [4.78, 5) is 33.9. The first-order valence-electron chi connectivity index (χ1n) is 6.10.